The van der Waals surface area contributed by atoms with Crippen LogP contribution in [0.2, 0.25) is 0 Å². The summed E-state index contributed by atoms with van der Waals surface area (Å²) in [5.41, 5.74) is 1.74. The molecule has 3 aromatic rings. The van der Waals surface area contributed by atoms with E-state index in [9.17, 15) is 33.3 Å². The number of hydrogen-bond donors (Lipinski definition) is 4. The smallest absolute Gasteiger partial charge is 0.433 e. The molecule has 0 spiro atoms. The van der Waals surface area contributed by atoms with Crippen molar-refractivity contribution in [2.75, 3.05) is 19.8 Å². The highest BCUT2D eigenvalue weighted by Gasteiger charge is 2.54. The molecule has 1 aromatic carbocycles. The number of amides is 1. The van der Waals surface area contributed by atoms with Crippen LogP contribution in [0.15, 0.2) is 48.8 Å². The van der Waals surface area contributed by atoms with Gasteiger partial charge in [0.2, 0.25) is 11.8 Å². The maximum atomic E-state index is 13.2. The predicted octanol–water partition coefficient (Wildman–Crippen LogP) is 4.64. The monoisotopic (exact) mass is 756 g/mol. The number of benzene rings is 1. The molecule has 292 valence electrons. The third-order valence-corrected chi connectivity index (χ3v) is 12.0. The lowest BCUT2D eigenvalue weighted by Crippen LogP contribution is -2.60. The number of carbonyl (C=O) groups is 1. The first-order valence-corrected chi connectivity index (χ1v) is 18.7. The molecule has 4 N–H and O–H groups in total. The summed E-state index contributed by atoms with van der Waals surface area (Å²) in [6, 6.07) is 9.53. The standard InChI is InChI=1S/C39H47F3N4O8/c1-21-34(48)35(49)36(54-32-6-3-5-30(46-32)39(40,41)42)29(53-21)20-52-33-19-44-28(18-45-33)37(50)43-15-4-16-51-23-8-10-24-22(17-23)7-9-26-25(24)13-14-38(2)27(26)11-12-31(38)47/h3,5-6,8,10,17-19,21,25-27,29,31,34-36,47-49H,4,7,9,11-16,20H2,1-2H3,(H,43,50)/t21-,25-,26-,27+,29-,31+,34+,35+,36+,38+/m1/s1. The van der Waals surface area contributed by atoms with E-state index in [0.717, 1.165) is 56.4 Å². The Kier molecular flexibility index (Phi) is 11.0. The Labute approximate surface area is 311 Å². The maximum absolute atomic E-state index is 13.2. The number of fused-ring (bicyclic) bond motifs is 5. The van der Waals surface area contributed by atoms with E-state index in [2.05, 4.69) is 39.3 Å². The summed E-state index contributed by atoms with van der Waals surface area (Å²) in [7, 11) is 0. The summed E-state index contributed by atoms with van der Waals surface area (Å²) in [6.45, 7) is 4.32. The van der Waals surface area contributed by atoms with Gasteiger partial charge >= 0.3 is 6.18 Å². The molecule has 0 unspecified atom stereocenters. The van der Waals surface area contributed by atoms with E-state index in [1.54, 1.807) is 0 Å². The highest BCUT2D eigenvalue weighted by molar-refractivity contribution is 5.91. The van der Waals surface area contributed by atoms with E-state index in [1.807, 2.05) is 6.07 Å². The third-order valence-electron chi connectivity index (χ3n) is 12.0. The molecule has 7 rings (SSSR count). The van der Waals surface area contributed by atoms with Crippen LogP contribution in [-0.2, 0) is 17.3 Å². The number of hydrogen-bond acceptors (Lipinski definition) is 11. The second-order valence-electron chi connectivity index (χ2n) is 15.2. The molecule has 3 aliphatic carbocycles. The molecule has 2 aromatic heterocycles. The van der Waals surface area contributed by atoms with Gasteiger partial charge in [-0.3, -0.25) is 4.79 Å². The van der Waals surface area contributed by atoms with Crippen molar-refractivity contribution in [2.45, 2.75) is 108 Å². The van der Waals surface area contributed by atoms with Gasteiger partial charge in [0.15, 0.2) is 6.10 Å². The molecule has 10 atom stereocenters. The first-order valence-electron chi connectivity index (χ1n) is 18.7. The molecule has 3 heterocycles. The minimum atomic E-state index is -4.71. The number of aryl methyl sites for hydroxylation is 1. The highest BCUT2D eigenvalue weighted by Crippen LogP contribution is 2.61. The largest absolute Gasteiger partial charge is 0.494 e. The van der Waals surface area contributed by atoms with Crippen molar-refractivity contribution in [3.63, 3.8) is 0 Å². The van der Waals surface area contributed by atoms with Crippen LogP contribution < -0.4 is 19.5 Å². The number of alkyl halides is 3. The number of nitrogens with zero attached hydrogens (tertiary/aromatic N) is 3. The zero-order chi connectivity index (χ0) is 38.2. The zero-order valence-electron chi connectivity index (χ0n) is 30.2. The second kappa shape index (κ2) is 15.6. The van der Waals surface area contributed by atoms with Crippen molar-refractivity contribution in [2.24, 2.45) is 17.3 Å². The van der Waals surface area contributed by atoms with Gasteiger partial charge in [-0.05, 0) is 104 Å². The van der Waals surface area contributed by atoms with Crippen LogP contribution in [0.4, 0.5) is 13.2 Å². The number of rotatable bonds is 11. The Morgan fingerprint density at radius 2 is 1.85 bits per heavy atom. The van der Waals surface area contributed by atoms with Gasteiger partial charge in [0.25, 0.3) is 5.91 Å². The van der Waals surface area contributed by atoms with Gasteiger partial charge in [-0.1, -0.05) is 19.1 Å². The second-order valence-corrected chi connectivity index (χ2v) is 15.2. The summed E-state index contributed by atoms with van der Waals surface area (Å²) in [4.78, 5) is 24.4. The molecule has 15 heteroatoms. The van der Waals surface area contributed by atoms with Crippen LogP contribution in [0.1, 0.15) is 85.6 Å². The Bertz CT molecular complexity index is 1780. The molecule has 12 nitrogen and oxygen atoms in total. The van der Waals surface area contributed by atoms with Crippen molar-refractivity contribution in [1.29, 1.82) is 0 Å². The average Bonchev–Trinajstić information content (AvgIpc) is 3.47. The molecule has 1 amide bonds. The third kappa shape index (κ3) is 7.86. The van der Waals surface area contributed by atoms with Crippen LogP contribution in [0.5, 0.6) is 17.5 Å². The Morgan fingerprint density at radius 1 is 1.02 bits per heavy atom. The van der Waals surface area contributed by atoms with E-state index < -0.39 is 54.2 Å². The fourth-order valence-corrected chi connectivity index (χ4v) is 9.03. The lowest BCUT2D eigenvalue weighted by atomic mass is 9.55. The SMILES string of the molecule is C[C@H]1O[C@H](COc2cnc(C(=O)NCCCOc3ccc4c(c3)CC[C@@H]3[C@@H]4CC[C@]4(C)[C@@H](O)CC[C@@H]34)cn2)[C@H](Oc2cccc(C(F)(F)F)n2)[C@@H](O)[C@H]1O. The minimum Gasteiger partial charge on any atom is -0.494 e. The summed E-state index contributed by atoms with van der Waals surface area (Å²) in [5.74, 6) is 1.78. The number of pyridine rings is 1. The maximum Gasteiger partial charge on any atom is 0.433 e. The van der Waals surface area contributed by atoms with Crippen molar-refractivity contribution in [3.8, 4) is 17.5 Å². The van der Waals surface area contributed by atoms with Gasteiger partial charge in [0.05, 0.1) is 31.2 Å². The molecule has 4 aliphatic rings. The highest BCUT2D eigenvalue weighted by atomic mass is 19.4. The molecule has 1 aliphatic heterocycles. The number of carbonyl (C=O) groups excluding carboxylic acids is 1. The molecule has 3 fully saturated rings. The van der Waals surface area contributed by atoms with Crippen LogP contribution in [-0.4, -0.2) is 92.6 Å². The topological polar surface area (TPSA) is 165 Å². The molecular formula is C39H47F3N4O8. The number of ether oxygens (including phenoxy) is 4. The minimum absolute atomic E-state index is 0.0209. The van der Waals surface area contributed by atoms with E-state index in [1.165, 1.54) is 36.5 Å². The number of aromatic nitrogens is 3. The molecule has 0 bridgehead atoms. The Hall–Kier alpha value is -4.05. The van der Waals surface area contributed by atoms with Crippen LogP contribution >= 0.6 is 0 Å². The van der Waals surface area contributed by atoms with Crippen molar-refractivity contribution < 1.29 is 52.2 Å². The van der Waals surface area contributed by atoms with Crippen LogP contribution in [0.3, 0.4) is 0 Å². The van der Waals surface area contributed by atoms with Gasteiger partial charge in [0, 0.05) is 12.6 Å². The molecule has 54 heavy (non-hydrogen) atoms. The normalized spacial score (nSPS) is 31.8. The fraction of sp³-hybridized carbons (Fsp3) is 0.590. The summed E-state index contributed by atoms with van der Waals surface area (Å²) in [5, 5.41) is 34.5. The Morgan fingerprint density at radius 3 is 2.63 bits per heavy atom. The zero-order valence-corrected chi connectivity index (χ0v) is 30.2. The molecule has 0 radical (unpaired) electrons. The van der Waals surface area contributed by atoms with Gasteiger partial charge in [-0.25, -0.2) is 15.0 Å². The van der Waals surface area contributed by atoms with E-state index in [4.69, 9.17) is 18.9 Å². The lowest BCUT2D eigenvalue weighted by molar-refractivity contribution is -0.216. The van der Waals surface area contributed by atoms with Crippen LogP contribution in [0.25, 0.3) is 0 Å². The first-order chi connectivity index (χ1) is 25.8. The van der Waals surface area contributed by atoms with Gasteiger partial charge in [0.1, 0.15) is 42.1 Å². The molecular weight excluding hydrogens is 709 g/mol. The van der Waals surface area contributed by atoms with E-state index in [0.29, 0.717) is 37.3 Å². The first kappa shape index (κ1) is 38.2. The van der Waals surface area contributed by atoms with Crippen molar-refractivity contribution in [3.05, 3.63) is 71.3 Å². The van der Waals surface area contributed by atoms with Gasteiger partial charge in [-0.15, -0.1) is 0 Å². The predicted molar refractivity (Wildman–Crippen MR) is 187 cm³/mol. The molecule has 2 saturated carbocycles. The lowest BCUT2D eigenvalue weighted by Gasteiger charge is -2.50. The number of aliphatic hydroxyl groups is 3. The average molecular weight is 757 g/mol. The molecule has 1 saturated heterocycles. The van der Waals surface area contributed by atoms with Crippen molar-refractivity contribution in [1.82, 2.24) is 20.3 Å². The Balaban J connectivity index is 0.860. The quantitative estimate of drug-likeness (QED) is 0.202. The fourth-order valence-electron chi connectivity index (χ4n) is 9.03. The summed E-state index contributed by atoms with van der Waals surface area (Å²) < 4.78 is 62.5. The summed E-state index contributed by atoms with van der Waals surface area (Å²) in [6.07, 6.45) is -1.51. The van der Waals surface area contributed by atoms with Crippen molar-refractivity contribution >= 4 is 5.91 Å². The number of halogens is 3. The van der Waals surface area contributed by atoms with Gasteiger partial charge in [-0.2, -0.15) is 13.2 Å². The summed E-state index contributed by atoms with van der Waals surface area (Å²) >= 11 is 0. The van der Waals surface area contributed by atoms with Crippen LogP contribution in [0, 0.1) is 17.3 Å². The van der Waals surface area contributed by atoms with E-state index >= 15 is 0 Å². The van der Waals surface area contributed by atoms with Gasteiger partial charge < -0.3 is 39.6 Å². The van der Waals surface area contributed by atoms with E-state index in [-0.39, 0.29) is 29.7 Å². The number of aliphatic hydroxyl groups excluding tert-OH is 3. The number of nitrogens with one attached hydrogen (secondary N) is 1.